The van der Waals surface area contributed by atoms with Gasteiger partial charge >= 0.3 is 6.18 Å². The maximum absolute atomic E-state index is 13.2. The average Bonchev–Trinajstić information content (AvgIpc) is 2.23. The Hall–Kier alpha value is -1.86. The third-order valence-electron chi connectivity index (χ3n) is 2.38. The van der Waals surface area contributed by atoms with Crippen LogP contribution in [0.2, 0.25) is 0 Å². The maximum Gasteiger partial charge on any atom is 0.405 e. The zero-order valence-corrected chi connectivity index (χ0v) is 10.2. The Bertz CT molecular complexity index is 474. The summed E-state index contributed by atoms with van der Waals surface area (Å²) in [5.41, 5.74) is -0.748. The van der Waals surface area contributed by atoms with Crippen molar-refractivity contribution in [2.75, 3.05) is 11.4 Å². The molecule has 0 aromatic heterocycles. The van der Waals surface area contributed by atoms with Crippen molar-refractivity contribution in [3.8, 4) is 0 Å². The molecule has 0 unspecified atom stereocenters. The fourth-order valence-electron chi connectivity index (χ4n) is 1.60. The molecule has 0 atom stereocenters. The number of hydrogen-bond acceptors (Lipinski definition) is 3. The molecular weight excluding hydrogens is 268 g/mol. The first-order chi connectivity index (χ1) is 8.60. The Labute approximate surface area is 106 Å². The van der Waals surface area contributed by atoms with Crippen LogP contribution in [0.15, 0.2) is 18.2 Å². The number of non-ortho nitro benzene ring substituents is 1. The molecule has 0 bridgehead atoms. The monoisotopic (exact) mass is 280 g/mol. The van der Waals surface area contributed by atoms with Gasteiger partial charge in [0.15, 0.2) is 0 Å². The number of benzene rings is 1. The minimum atomic E-state index is -4.48. The molecular formula is C11H12F4N2O2. The van der Waals surface area contributed by atoms with Crippen molar-refractivity contribution in [2.24, 2.45) is 0 Å². The zero-order chi connectivity index (χ0) is 14.8. The van der Waals surface area contributed by atoms with Crippen LogP contribution >= 0.6 is 0 Å². The summed E-state index contributed by atoms with van der Waals surface area (Å²) in [7, 11) is 0. The first-order valence-electron chi connectivity index (χ1n) is 5.38. The van der Waals surface area contributed by atoms with Crippen molar-refractivity contribution in [1.82, 2.24) is 0 Å². The standard InChI is InChI=1S/C11H12F4N2O2/c1-7(2)16(6-11(13,14)15)9-3-8(12)4-10(5-9)17(18)19/h3-5,7H,6H2,1-2H3. The predicted octanol–water partition coefficient (Wildman–Crippen LogP) is 3.51. The molecule has 1 rings (SSSR count). The number of alkyl halides is 3. The summed E-state index contributed by atoms with van der Waals surface area (Å²) in [6.45, 7) is 1.68. The Kier molecular flexibility index (Phi) is 4.33. The number of halogens is 4. The lowest BCUT2D eigenvalue weighted by Gasteiger charge is -2.29. The van der Waals surface area contributed by atoms with Crippen molar-refractivity contribution >= 4 is 11.4 Å². The molecule has 0 radical (unpaired) electrons. The molecule has 4 nitrogen and oxygen atoms in total. The number of rotatable bonds is 4. The molecule has 0 saturated carbocycles. The fraction of sp³-hybridized carbons (Fsp3) is 0.455. The average molecular weight is 280 g/mol. The maximum atomic E-state index is 13.2. The molecule has 8 heteroatoms. The summed E-state index contributed by atoms with van der Waals surface area (Å²) in [4.78, 5) is 10.6. The minimum Gasteiger partial charge on any atom is -0.360 e. The SMILES string of the molecule is CC(C)N(CC(F)(F)F)c1cc(F)cc([N+](=O)[O-])c1. The minimum absolute atomic E-state index is 0.168. The first kappa shape index (κ1) is 15.2. The van der Waals surface area contributed by atoms with Crippen LogP contribution in [-0.2, 0) is 0 Å². The molecule has 0 aliphatic heterocycles. The van der Waals surface area contributed by atoms with Gasteiger partial charge in [0.05, 0.1) is 11.0 Å². The van der Waals surface area contributed by atoms with Gasteiger partial charge in [-0.05, 0) is 19.9 Å². The molecule has 0 heterocycles. The quantitative estimate of drug-likeness (QED) is 0.481. The van der Waals surface area contributed by atoms with E-state index in [0.717, 1.165) is 17.0 Å². The highest BCUT2D eigenvalue weighted by atomic mass is 19.4. The van der Waals surface area contributed by atoms with Gasteiger partial charge in [0.1, 0.15) is 12.4 Å². The van der Waals surface area contributed by atoms with E-state index in [0.29, 0.717) is 6.07 Å². The van der Waals surface area contributed by atoms with Crippen LogP contribution in [0.4, 0.5) is 28.9 Å². The number of hydrogen-bond donors (Lipinski definition) is 0. The number of nitrogens with zero attached hydrogens (tertiary/aromatic N) is 2. The molecule has 1 aromatic carbocycles. The van der Waals surface area contributed by atoms with Gasteiger partial charge < -0.3 is 4.90 Å². The highest BCUT2D eigenvalue weighted by Gasteiger charge is 2.32. The van der Waals surface area contributed by atoms with Gasteiger partial charge in [0.25, 0.3) is 5.69 Å². The Morgan fingerprint density at radius 1 is 1.32 bits per heavy atom. The number of anilines is 1. The van der Waals surface area contributed by atoms with Crippen LogP contribution in [0.5, 0.6) is 0 Å². The molecule has 19 heavy (non-hydrogen) atoms. The number of nitro groups is 1. The zero-order valence-electron chi connectivity index (χ0n) is 10.2. The van der Waals surface area contributed by atoms with Crippen molar-refractivity contribution in [1.29, 1.82) is 0 Å². The van der Waals surface area contributed by atoms with E-state index >= 15 is 0 Å². The van der Waals surface area contributed by atoms with E-state index in [4.69, 9.17) is 0 Å². The molecule has 0 fully saturated rings. The van der Waals surface area contributed by atoms with E-state index < -0.39 is 35.2 Å². The lowest BCUT2D eigenvalue weighted by atomic mass is 10.2. The van der Waals surface area contributed by atoms with Crippen molar-refractivity contribution in [2.45, 2.75) is 26.1 Å². The molecule has 0 spiro atoms. The second-order valence-corrected chi connectivity index (χ2v) is 4.26. The molecule has 0 N–H and O–H groups in total. The molecule has 0 saturated heterocycles. The summed E-state index contributed by atoms with van der Waals surface area (Å²) in [6, 6.07) is 1.85. The lowest BCUT2D eigenvalue weighted by Crippen LogP contribution is -2.39. The Morgan fingerprint density at radius 3 is 2.32 bits per heavy atom. The highest BCUT2D eigenvalue weighted by Crippen LogP contribution is 2.28. The van der Waals surface area contributed by atoms with Crippen molar-refractivity contribution in [3.05, 3.63) is 34.1 Å². The second kappa shape index (κ2) is 5.41. The van der Waals surface area contributed by atoms with Crippen LogP contribution < -0.4 is 4.90 Å². The Balaban J connectivity index is 3.19. The topological polar surface area (TPSA) is 46.4 Å². The summed E-state index contributed by atoms with van der Waals surface area (Å²) in [5.74, 6) is -0.947. The van der Waals surface area contributed by atoms with E-state index in [9.17, 15) is 27.7 Å². The third kappa shape index (κ3) is 4.38. The van der Waals surface area contributed by atoms with E-state index in [1.165, 1.54) is 13.8 Å². The fourth-order valence-corrected chi connectivity index (χ4v) is 1.60. The van der Waals surface area contributed by atoms with Gasteiger partial charge in [-0.2, -0.15) is 13.2 Å². The number of nitro benzene ring substituents is 1. The predicted molar refractivity (Wildman–Crippen MR) is 61.6 cm³/mol. The summed E-state index contributed by atoms with van der Waals surface area (Å²) in [5, 5.41) is 10.6. The summed E-state index contributed by atoms with van der Waals surface area (Å²) < 4.78 is 50.6. The molecule has 0 aliphatic carbocycles. The van der Waals surface area contributed by atoms with Gasteiger partial charge in [-0.15, -0.1) is 0 Å². The second-order valence-electron chi connectivity index (χ2n) is 4.26. The summed E-state index contributed by atoms with van der Waals surface area (Å²) >= 11 is 0. The van der Waals surface area contributed by atoms with Crippen LogP contribution in [0, 0.1) is 15.9 Å². The molecule has 0 aliphatic rings. The smallest absolute Gasteiger partial charge is 0.360 e. The van der Waals surface area contributed by atoms with Gasteiger partial charge in [-0.25, -0.2) is 4.39 Å². The van der Waals surface area contributed by atoms with Gasteiger partial charge in [-0.1, -0.05) is 0 Å². The van der Waals surface area contributed by atoms with E-state index in [1.54, 1.807) is 0 Å². The van der Waals surface area contributed by atoms with Crippen LogP contribution in [-0.4, -0.2) is 23.7 Å². The van der Waals surface area contributed by atoms with Gasteiger partial charge in [0, 0.05) is 17.8 Å². The van der Waals surface area contributed by atoms with Gasteiger partial charge in [0.2, 0.25) is 0 Å². The summed E-state index contributed by atoms with van der Waals surface area (Å²) in [6.07, 6.45) is -4.48. The highest BCUT2D eigenvalue weighted by molar-refractivity contribution is 5.54. The van der Waals surface area contributed by atoms with Crippen molar-refractivity contribution < 1.29 is 22.5 Å². The lowest BCUT2D eigenvalue weighted by molar-refractivity contribution is -0.385. The van der Waals surface area contributed by atoms with Crippen molar-refractivity contribution in [3.63, 3.8) is 0 Å². The van der Waals surface area contributed by atoms with E-state index in [2.05, 4.69) is 0 Å². The van der Waals surface area contributed by atoms with Gasteiger partial charge in [-0.3, -0.25) is 10.1 Å². The van der Waals surface area contributed by atoms with E-state index in [-0.39, 0.29) is 5.69 Å². The van der Waals surface area contributed by atoms with Crippen LogP contribution in [0.25, 0.3) is 0 Å². The molecule has 1 aromatic rings. The molecule has 0 amide bonds. The molecule has 106 valence electrons. The van der Waals surface area contributed by atoms with Crippen LogP contribution in [0.1, 0.15) is 13.8 Å². The normalized spacial score (nSPS) is 11.7. The largest absolute Gasteiger partial charge is 0.405 e. The van der Waals surface area contributed by atoms with E-state index in [1.807, 2.05) is 0 Å². The first-order valence-corrected chi connectivity index (χ1v) is 5.38. The van der Waals surface area contributed by atoms with Crippen LogP contribution in [0.3, 0.4) is 0 Å². The third-order valence-corrected chi connectivity index (χ3v) is 2.38. The Morgan fingerprint density at radius 2 is 1.89 bits per heavy atom.